The smallest absolute Gasteiger partial charge is 0.175 e. The molecule has 0 saturated carbocycles. The third-order valence-electron chi connectivity index (χ3n) is 2.55. The van der Waals surface area contributed by atoms with Gasteiger partial charge in [0.25, 0.3) is 0 Å². The molecule has 2 heteroatoms. The summed E-state index contributed by atoms with van der Waals surface area (Å²) in [5, 5.41) is 9.32. The van der Waals surface area contributed by atoms with Crippen LogP contribution in [0.1, 0.15) is 20.8 Å². The summed E-state index contributed by atoms with van der Waals surface area (Å²) < 4.78 is 0. The van der Waals surface area contributed by atoms with Crippen LogP contribution in [0.25, 0.3) is 0 Å². The first-order valence-corrected chi connectivity index (χ1v) is 7.37. The first-order chi connectivity index (χ1) is 5.70. The Balaban J connectivity index is 4.68. The molecule has 0 unspecified atom stereocenters. The van der Waals surface area contributed by atoms with Crippen LogP contribution in [0, 0.1) is 23.8 Å². The van der Waals surface area contributed by atoms with Crippen LogP contribution in [0.3, 0.4) is 0 Å². The van der Waals surface area contributed by atoms with E-state index in [1.54, 1.807) is 0 Å². The predicted octanol–water partition coefficient (Wildman–Crippen LogP) is 2.03. The molecule has 1 atom stereocenters. The van der Waals surface area contributed by atoms with Gasteiger partial charge in [0, 0.05) is 0 Å². The van der Waals surface area contributed by atoms with E-state index >= 15 is 0 Å². The van der Waals surface area contributed by atoms with Gasteiger partial charge in [0.1, 0.15) is 8.07 Å². The molecule has 0 aromatic carbocycles. The van der Waals surface area contributed by atoms with Crippen LogP contribution in [0.5, 0.6) is 0 Å². The molecule has 0 aliphatic heterocycles. The van der Waals surface area contributed by atoms with Gasteiger partial charge in [-0.3, -0.25) is 0 Å². The minimum Gasteiger partial charge on any atom is -0.369 e. The largest absolute Gasteiger partial charge is 0.369 e. The standard InChI is InChI=1S/C11H18OSi/c1-7-10(12)8-9-13(5,6)11(2,3)4/h1,10,12H,2-6H3/t10-/m1/s1. The molecule has 1 N–H and O–H groups in total. The number of rotatable bonds is 0. The minimum absolute atomic E-state index is 0.217. The van der Waals surface area contributed by atoms with Gasteiger partial charge in [0.15, 0.2) is 6.10 Å². The van der Waals surface area contributed by atoms with E-state index < -0.39 is 14.2 Å². The van der Waals surface area contributed by atoms with Gasteiger partial charge in [0.05, 0.1) is 0 Å². The predicted molar refractivity (Wildman–Crippen MR) is 59.8 cm³/mol. The molecule has 0 bridgehead atoms. The molecule has 1 nitrogen and oxygen atoms in total. The highest BCUT2D eigenvalue weighted by molar-refractivity contribution is 6.87. The highest BCUT2D eigenvalue weighted by atomic mass is 28.3. The molecule has 0 spiro atoms. The quantitative estimate of drug-likeness (QED) is 0.462. The average molecular weight is 194 g/mol. The van der Waals surface area contributed by atoms with Crippen molar-refractivity contribution in [2.24, 2.45) is 0 Å². The molecule has 0 aromatic heterocycles. The molecule has 72 valence electrons. The van der Waals surface area contributed by atoms with E-state index in [4.69, 9.17) is 11.5 Å². The fourth-order valence-electron chi connectivity index (χ4n) is 0.478. The van der Waals surface area contributed by atoms with Crippen LogP contribution in [0.15, 0.2) is 0 Å². The van der Waals surface area contributed by atoms with Gasteiger partial charge in [-0.2, -0.15) is 0 Å². The van der Waals surface area contributed by atoms with Crippen LogP contribution >= 0.6 is 0 Å². The van der Waals surface area contributed by atoms with E-state index in [9.17, 15) is 0 Å². The Kier molecular flexibility index (Phi) is 3.79. The van der Waals surface area contributed by atoms with Crippen molar-refractivity contribution in [2.75, 3.05) is 0 Å². The Bertz CT molecular complexity index is 267. The van der Waals surface area contributed by atoms with Crippen molar-refractivity contribution in [3.8, 4) is 23.8 Å². The summed E-state index contributed by atoms with van der Waals surface area (Å²) in [7, 11) is -1.60. The van der Waals surface area contributed by atoms with Crippen molar-refractivity contribution in [2.45, 2.75) is 45.0 Å². The maximum absolute atomic E-state index is 9.10. The molecule has 0 fully saturated rings. The van der Waals surface area contributed by atoms with Crippen LogP contribution in [0.4, 0.5) is 0 Å². The Labute approximate surface area is 82.6 Å². The van der Waals surface area contributed by atoms with E-state index in [-0.39, 0.29) is 5.04 Å². The maximum atomic E-state index is 9.10. The van der Waals surface area contributed by atoms with Gasteiger partial charge in [-0.25, -0.2) is 0 Å². The topological polar surface area (TPSA) is 20.2 Å². The first kappa shape index (κ1) is 12.3. The van der Waals surface area contributed by atoms with Gasteiger partial charge in [-0.05, 0) is 5.04 Å². The van der Waals surface area contributed by atoms with Crippen molar-refractivity contribution >= 4 is 8.07 Å². The molecule has 0 rings (SSSR count). The summed E-state index contributed by atoms with van der Waals surface area (Å²) in [6.07, 6.45) is 4.12. The van der Waals surface area contributed by atoms with E-state index in [1.165, 1.54) is 0 Å². The lowest BCUT2D eigenvalue weighted by Crippen LogP contribution is -2.35. The molecule has 0 amide bonds. The molecule has 0 aromatic rings. The summed E-state index contributed by atoms with van der Waals surface area (Å²) in [5.41, 5.74) is 3.15. The molecule has 0 saturated heterocycles. The van der Waals surface area contributed by atoms with Gasteiger partial charge in [-0.1, -0.05) is 45.7 Å². The molecule has 13 heavy (non-hydrogen) atoms. The molecular formula is C11H18OSi. The van der Waals surface area contributed by atoms with Gasteiger partial charge in [0.2, 0.25) is 0 Å². The van der Waals surface area contributed by atoms with Crippen molar-refractivity contribution in [3.63, 3.8) is 0 Å². The van der Waals surface area contributed by atoms with Crippen molar-refractivity contribution in [1.29, 1.82) is 0 Å². The van der Waals surface area contributed by atoms with Crippen molar-refractivity contribution in [1.82, 2.24) is 0 Å². The maximum Gasteiger partial charge on any atom is 0.175 e. The molecule has 0 aliphatic rings. The van der Waals surface area contributed by atoms with E-state index in [1.807, 2.05) is 0 Å². The normalized spacial score (nSPS) is 13.9. The Morgan fingerprint density at radius 1 is 1.31 bits per heavy atom. The van der Waals surface area contributed by atoms with Gasteiger partial charge in [-0.15, -0.1) is 12.0 Å². The molecule has 0 heterocycles. The highest BCUT2D eigenvalue weighted by Gasteiger charge is 2.33. The number of aliphatic hydroxyl groups excluding tert-OH is 1. The summed E-state index contributed by atoms with van der Waals surface area (Å²) in [5.74, 6) is 4.90. The minimum atomic E-state index is -1.60. The number of hydrogen-bond acceptors (Lipinski definition) is 1. The second-order valence-electron chi connectivity index (χ2n) is 4.71. The molecule has 0 aliphatic carbocycles. The van der Waals surface area contributed by atoms with Crippen LogP contribution in [-0.4, -0.2) is 19.3 Å². The average Bonchev–Trinajstić information content (AvgIpc) is 1.98. The fraction of sp³-hybridized carbons (Fsp3) is 0.636. The van der Waals surface area contributed by atoms with Gasteiger partial charge >= 0.3 is 0 Å². The summed E-state index contributed by atoms with van der Waals surface area (Å²) in [4.78, 5) is 0. The molecule has 0 radical (unpaired) electrons. The lowest BCUT2D eigenvalue weighted by atomic mass is 10.2. The zero-order valence-corrected chi connectivity index (χ0v) is 10.1. The molecular weight excluding hydrogens is 176 g/mol. The van der Waals surface area contributed by atoms with Crippen LogP contribution < -0.4 is 0 Å². The van der Waals surface area contributed by atoms with E-state index in [0.717, 1.165) is 0 Å². The summed E-state index contributed by atoms with van der Waals surface area (Å²) in [6, 6.07) is 0. The van der Waals surface area contributed by atoms with Crippen molar-refractivity contribution in [3.05, 3.63) is 0 Å². The van der Waals surface area contributed by atoms with Crippen molar-refractivity contribution < 1.29 is 5.11 Å². The number of aliphatic hydroxyl groups is 1. The third-order valence-corrected chi connectivity index (χ3v) is 7.07. The van der Waals surface area contributed by atoms with Crippen LogP contribution in [0.2, 0.25) is 18.1 Å². The third kappa shape index (κ3) is 3.68. The number of terminal acetylenes is 1. The van der Waals surface area contributed by atoms with E-state index in [2.05, 4.69) is 51.2 Å². The Morgan fingerprint density at radius 3 is 2.08 bits per heavy atom. The zero-order valence-electron chi connectivity index (χ0n) is 9.10. The van der Waals surface area contributed by atoms with Crippen LogP contribution in [-0.2, 0) is 0 Å². The first-order valence-electron chi connectivity index (χ1n) is 4.37. The van der Waals surface area contributed by atoms with Gasteiger partial charge < -0.3 is 5.11 Å². The zero-order chi connectivity index (χ0) is 10.7. The summed E-state index contributed by atoms with van der Waals surface area (Å²) in [6.45, 7) is 10.9. The Morgan fingerprint density at radius 2 is 1.77 bits per heavy atom. The second kappa shape index (κ2) is 4.00. The summed E-state index contributed by atoms with van der Waals surface area (Å²) >= 11 is 0. The second-order valence-corrected chi connectivity index (χ2v) is 9.71. The van der Waals surface area contributed by atoms with E-state index in [0.29, 0.717) is 0 Å². The lowest BCUT2D eigenvalue weighted by molar-refractivity contribution is 0.290. The monoisotopic (exact) mass is 194 g/mol. The fourth-order valence-corrected chi connectivity index (χ4v) is 1.35. The number of hydrogen-bond donors (Lipinski definition) is 1. The SMILES string of the molecule is C#C[C@@H](O)C#C[Si](C)(C)C(C)(C)C. The highest BCUT2D eigenvalue weighted by Crippen LogP contribution is 2.35. The lowest BCUT2D eigenvalue weighted by Gasteiger charge is -2.31. The Hall–Kier alpha value is -0.703.